The van der Waals surface area contributed by atoms with Crippen LogP contribution in [0.5, 0.6) is 5.75 Å². The van der Waals surface area contributed by atoms with Crippen LogP contribution < -0.4 is 4.74 Å². The molecule has 0 unspecified atom stereocenters. The average molecular weight is 500 g/mol. The van der Waals surface area contributed by atoms with Crippen LogP contribution in [0, 0.1) is 17.8 Å². The molecule has 1 heterocycles. The normalized spacial score (nSPS) is 26.8. The highest BCUT2D eigenvalue weighted by atomic mass is 16.5. The summed E-state index contributed by atoms with van der Waals surface area (Å²) in [6, 6.07) is 19.2. The van der Waals surface area contributed by atoms with E-state index in [2.05, 4.69) is 77.2 Å². The van der Waals surface area contributed by atoms with E-state index in [0.29, 0.717) is 6.54 Å². The Bertz CT molecular complexity index is 1120. The van der Waals surface area contributed by atoms with Crippen LogP contribution in [0.2, 0.25) is 0 Å². The van der Waals surface area contributed by atoms with Crippen molar-refractivity contribution in [3.63, 3.8) is 0 Å². The maximum Gasteiger partial charge on any atom is 0.320 e. The van der Waals surface area contributed by atoms with Gasteiger partial charge in [0.2, 0.25) is 0 Å². The van der Waals surface area contributed by atoms with Crippen molar-refractivity contribution in [2.24, 2.45) is 5.41 Å². The highest BCUT2D eigenvalue weighted by molar-refractivity contribution is 5.78. The Kier molecular flexibility index (Phi) is 6.98. The number of amides is 2. The van der Waals surface area contributed by atoms with E-state index in [9.17, 15) is 4.79 Å². The summed E-state index contributed by atoms with van der Waals surface area (Å²) in [6.07, 6.45) is 14.3. The van der Waals surface area contributed by atoms with Crippen molar-refractivity contribution in [3.05, 3.63) is 65.7 Å². The minimum Gasteiger partial charge on any atom is -0.497 e. The summed E-state index contributed by atoms with van der Waals surface area (Å²) in [5, 5.41) is 0. The number of hydrogen-bond acceptors (Lipinski definition) is 3. The molecule has 0 bridgehead atoms. The largest absolute Gasteiger partial charge is 0.497 e. The standard InChI is InChI=1S/C32H41N3O2/c1-5-30(16-9-17-30)22-23-35-29(36)34(24-26-12-14-28(37-4)15-13-26)25-31(35)18-20-32(21-19-31,33(2)3)27-10-7-6-8-11-27/h1,6-8,10-15H,9,16-25H2,2-4H3/t31-,32+. The molecule has 5 rings (SSSR count). The van der Waals surface area contributed by atoms with Gasteiger partial charge in [0.1, 0.15) is 5.75 Å². The van der Waals surface area contributed by atoms with Crippen molar-refractivity contribution in [1.82, 2.24) is 14.7 Å². The van der Waals surface area contributed by atoms with Crippen LogP contribution in [0.3, 0.4) is 0 Å². The third-order valence-electron chi connectivity index (χ3n) is 9.70. The molecule has 2 saturated carbocycles. The molecule has 2 aromatic rings. The van der Waals surface area contributed by atoms with Gasteiger partial charge in [-0.25, -0.2) is 4.79 Å². The third kappa shape index (κ3) is 4.61. The molecular weight excluding hydrogens is 458 g/mol. The minimum absolute atomic E-state index is 0.00135. The van der Waals surface area contributed by atoms with Gasteiger partial charge in [-0.1, -0.05) is 54.8 Å². The summed E-state index contributed by atoms with van der Waals surface area (Å²) >= 11 is 0. The van der Waals surface area contributed by atoms with Crippen molar-refractivity contribution in [3.8, 4) is 18.1 Å². The van der Waals surface area contributed by atoms with Crippen LogP contribution >= 0.6 is 0 Å². The monoisotopic (exact) mass is 499 g/mol. The van der Waals surface area contributed by atoms with E-state index in [-0.39, 0.29) is 22.5 Å². The number of methoxy groups -OCH3 is 1. The molecule has 0 aromatic heterocycles. The van der Waals surface area contributed by atoms with Gasteiger partial charge in [0.15, 0.2) is 0 Å². The predicted octanol–water partition coefficient (Wildman–Crippen LogP) is 5.90. The first-order chi connectivity index (χ1) is 17.9. The molecule has 5 nitrogen and oxygen atoms in total. The summed E-state index contributed by atoms with van der Waals surface area (Å²) in [5.74, 6) is 3.92. The fourth-order valence-electron chi connectivity index (χ4n) is 6.98. The van der Waals surface area contributed by atoms with Crippen molar-refractivity contribution in [2.45, 2.75) is 69.0 Å². The van der Waals surface area contributed by atoms with E-state index in [1.165, 1.54) is 12.0 Å². The summed E-state index contributed by atoms with van der Waals surface area (Å²) in [4.78, 5) is 20.6. The highest BCUT2D eigenvalue weighted by Gasteiger charge is 2.54. The van der Waals surface area contributed by atoms with Gasteiger partial charge in [-0.3, -0.25) is 4.90 Å². The zero-order chi connectivity index (χ0) is 26.1. The van der Waals surface area contributed by atoms with Crippen LogP contribution in [-0.4, -0.2) is 60.6 Å². The second-order valence-corrected chi connectivity index (χ2v) is 11.7. The van der Waals surface area contributed by atoms with E-state index >= 15 is 0 Å². The number of nitrogens with zero attached hydrogens (tertiary/aromatic N) is 3. The van der Waals surface area contributed by atoms with Gasteiger partial charge in [-0.05, 0) is 82.3 Å². The molecule has 2 amide bonds. The maximum atomic E-state index is 13.9. The van der Waals surface area contributed by atoms with Crippen molar-refractivity contribution >= 4 is 6.03 Å². The van der Waals surface area contributed by atoms with E-state index in [1.54, 1.807) is 7.11 Å². The number of carbonyl (C=O) groups excluding carboxylic acids is 1. The Hall–Kier alpha value is -2.97. The molecule has 196 valence electrons. The van der Waals surface area contributed by atoms with Crippen molar-refractivity contribution in [1.29, 1.82) is 0 Å². The van der Waals surface area contributed by atoms with E-state index in [0.717, 1.165) is 69.3 Å². The number of rotatable bonds is 8. The summed E-state index contributed by atoms with van der Waals surface area (Å²) in [7, 11) is 6.08. The number of terminal acetylenes is 1. The lowest BCUT2D eigenvalue weighted by molar-refractivity contribution is 0.0196. The van der Waals surface area contributed by atoms with Gasteiger partial charge < -0.3 is 14.5 Å². The molecular formula is C32H41N3O2. The van der Waals surface area contributed by atoms with E-state index in [1.807, 2.05) is 12.1 Å². The van der Waals surface area contributed by atoms with Gasteiger partial charge in [-0.2, -0.15) is 0 Å². The Labute approximate surface area is 222 Å². The van der Waals surface area contributed by atoms with Crippen LogP contribution in [0.25, 0.3) is 0 Å². The topological polar surface area (TPSA) is 36.0 Å². The first-order valence-corrected chi connectivity index (χ1v) is 13.8. The van der Waals surface area contributed by atoms with Gasteiger partial charge in [-0.15, -0.1) is 6.42 Å². The Morgan fingerprint density at radius 3 is 2.19 bits per heavy atom. The van der Waals surface area contributed by atoms with E-state index in [4.69, 9.17) is 11.2 Å². The fraction of sp³-hybridized carbons (Fsp3) is 0.531. The molecule has 3 aliphatic rings. The zero-order valence-electron chi connectivity index (χ0n) is 22.7. The number of carbonyl (C=O) groups is 1. The molecule has 1 aliphatic heterocycles. The predicted molar refractivity (Wildman–Crippen MR) is 148 cm³/mol. The Balaban J connectivity index is 1.39. The molecule has 0 N–H and O–H groups in total. The number of ether oxygens (including phenoxy) is 1. The molecule has 0 atom stereocenters. The second-order valence-electron chi connectivity index (χ2n) is 11.7. The molecule has 3 fully saturated rings. The second kappa shape index (κ2) is 10.1. The zero-order valence-corrected chi connectivity index (χ0v) is 22.7. The van der Waals surface area contributed by atoms with Crippen LogP contribution in [0.1, 0.15) is 62.5 Å². The first-order valence-electron chi connectivity index (χ1n) is 13.8. The van der Waals surface area contributed by atoms with Crippen LogP contribution in [0.4, 0.5) is 4.79 Å². The Morgan fingerprint density at radius 2 is 1.65 bits per heavy atom. The van der Waals surface area contributed by atoms with Gasteiger partial charge in [0.05, 0.1) is 12.6 Å². The molecule has 1 saturated heterocycles. The maximum absolute atomic E-state index is 13.9. The SMILES string of the molecule is C#CC1(CCN2C(=O)N(Cc3ccc(OC)cc3)C[C@]23CC[C@](c2ccccc2)(N(C)C)CC3)CCC1. The quantitative estimate of drug-likeness (QED) is 0.425. The number of hydrogen-bond donors (Lipinski definition) is 0. The molecule has 37 heavy (non-hydrogen) atoms. The number of benzene rings is 2. The van der Waals surface area contributed by atoms with E-state index < -0.39 is 0 Å². The van der Waals surface area contributed by atoms with Crippen molar-refractivity contribution in [2.75, 3.05) is 34.3 Å². The molecule has 2 aliphatic carbocycles. The fourth-order valence-corrected chi connectivity index (χ4v) is 6.98. The summed E-state index contributed by atoms with van der Waals surface area (Å²) < 4.78 is 5.32. The molecule has 5 heteroatoms. The molecule has 2 aromatic carbocycles. The van der Waals surface area contributed by atoms with Crippen LogP contribution in [0.15, 0.2) is 54.6 Å². The van der Waals surface area contributed by atoms with Crippen molar-refractivity contribution < 1.29 is 9.53 Å². The minimum atomic E-state index is -0.141. The number of urea groups is 1. The van der Waals surface area contributed by atoms with Gasteiger partial charge >= 0.3 is 6.03 Å². The summed E-state index contributed by atoms with van der Waals surface area (Å²) in [5.41, 5.74) is 2.35. The highest BCUT2D eigenvalue weighted by Crippen LogP contribution is 2.50. The smallest absolute Gasteiger partial charge is 0.320 e. The lowest BCUT2D eigenvalue weighted by Crippen LogP contribution is -2.56. The third-order valence-corrected chi connectivity index (χ3v) is 9.70. The Morgan fingerprint density at radius 1 is 0.973 bits per heavy atom. The van der Waals surface area contributed by atoms with Crippen LogP contribution in [-0.2, 0) is 12.1 Å². The van der Waals surface area contributed by atoms with Gasteiger partial charge in [0.25, 0.3) is 0 Å². The van der Waals surface area contributed by atoms with Gasteiger partial charge in [0, 0.05) is 30.6 Å². The lowest BCUT2D eigenvalue weighted by Gasteiger charge is -2.51. The summed E-state index contributed by atoms with van der Waals surface area (Å²) in [6.45, 7) is 2.15. The average Bonchev–Trinajstić information content (AvgIpc) is 3.15. The molecule has 1 spiro atoms. The first kappa shape index (κ1) is 25.7. The molecule has 0 radical (unpaired) electrons. The lowest BCUT2D eigenvalue weighted by atomic mass is 9.66.